The summed E-state index contributed by atoms with van der Waals surface area (Å²) in [5.41, 5.74) is 3.61. The number of benzene rings is 1. The monoisotopic (exact) mass is 427 g/mol. The molecular weight excluding hydrogens is 406 g/mol. The van der Waals surface area contributed by atoms with Crippen LogP contribution in [0, 0.1) is 0 Å². The number of rotatable bonds is 4. The third-order valence-electron chi connectivity index (χ3n) is 5.89. The standard InChI is InChI=1S/C23H21N7O2/c1-14-11-32-21-17(22-28-26-13-30(14)22)3-2-4-18(21)27-23(31)19-9-16(7-8-24-19)29-10-20(25-12-29)15-5-6-15/h2-4,7-10,12-15H,5-6,11H2,1H3,(H,27,31)/t14-/m0/s1. The molecule has 1 saturated carbocycles. The first-order valence-electron chi connectivity index (χ1n) is 10.6. The molecule has 1 fully saturated rings. The van der Waals surface area contributed by atoms with Crippen molar-refractivity contribution in [1.82, 2.24) is 29.3 Å². The number of anilines is 1. The largest absolute Gasteiger partial charge is 0.488 e. The van der Waals surface area contributed by atoms with Gasteiger partial charge in [0.2, 0.25) is 0 Å². The Labute approximate surface area is 184 Å². The number of carbonyl (C=O) groups excluding carboxylic acids is 1. The van der Waals surface area contributed by atoms with Gasteiger partial charge >= 0.3 is 0 Å². The van der Waals surface area contributed by atoms with Gasteiger partial charge in [-0.3, -0.25) is 9.78 Å². The Kier molecular flexibility index (Phi) is 4.27. The summed E-state index contributed by atoms with van der Waals surface area (Å²) in [4.78, 5) is 21.8. The zero-order valence-corrected chi connectivity index (χ0v) is 17.5. The first kappa shape index (κ1) is 18.7. The highest BCUT2D eigenvalue weighted by atomic mass is 16.5. The molecule has 2 aliphatic rings. The minimum Gasteiger partial charge on any atom is -0.488 e. The first-order chi connectivity index (χ1) is 15.7. The number of ether oxygens (including phenoxy) is 1. The number of nitrogens with one attached hydrogen (secondary N) is 1. The quantitative estimate of drug-likeness (QED) is 0.534. The van der Waals surface area contributed by atoms with Gasteiger partial charge in [-0.1, -0.05) is 6.07 Å². The van der Waals surface area contributed by atoms with E-state index in [-0.39, 0.29) is 11.9 Å². The molecule has 6 rings (SSSR count). The van der Waals surface area contributed by atoms with Gasteiger partial charge < -0.3 is 19.2 Å². The van der Waals surface area contributed by atoms with E-state index in [4.69, 9.17) is 4.74 Å². The molecule has 1 N–H and O–H groups in total. The van der Waals surface area contributed by atoms with Crippen molar-refractivity contribution >= 4 is 11.6 Å². The third-order valence-corrected chi connectivity index (χ3v) is 5.89. The fraction of sp³-hybridized carbons (Fsp3) is 0.261. The van der Waals surface area contributed by atoms with Crippen molar-refractivity contribution in [3.05, 3.63) is 66.8 Å². The summed E-state index contributed by atoms with van der Waals surface area (Å²) >= 11 is 0. The van der Waals surface area contributed by atoms with E-state index in [1.807, 2.05) is 46.5 Å². The molecule has 1 aliphatic carbocycles. The molecule has 1 amide bonds. The first-order valence-corrected chi connectivity index (χ1v) is 10.6. The molecule has 9 heteroatoms. The van der Waals surface area contributed by atoms with Gasteiger partial charge in [-0.2, -0.15) is 0 Å². The summed E-state index contributed by atoms with van der Waals surface area (Å²) in [5, 5.41) is 11.2. The van der Waals surface area contributed by atoms with Crippen LogP contribution in [0.2, 0.25) is 0 Å². The van der Waals surface area contributed by atoms with E-state index in [1.54, 1.807) is 24.9 Å². The Morgan fingerprint density at radius 3 is 2.97 bits per heavy atom. The van der Waals surface area contributed by atoms with Crippen LogP contribution in [0.5, 0.6) is 5.75 Å². The zero-order valence-electron chi connectivity index (χ0n) is 17.5. The van der Waals surface area contributed by atoms with Crippen LogP contribution >= 0.6 is 0 Å². The second kappa shape index (κ2) is 7.30. The van der Waals surface area contributed by atoms with Crippen LogP contribution in [0.25, 0.3) is 17.1 Å². The highest BCUT2D eigenvalue weighted by molar-refractivity contribution is 6.04. The SMILES string of the molecule is C[C@H]1COc2c(NC(=O)c3cc(-n4cnc(C5CC5)c4)ccn3)cccc2-c2nncn21. The number of hydrogen-bond donors (Lipinski definition) is 1. The Morgan fingerprint density at radius 1 is 1.19 bits per heavy atom. The van der Waals surface area contributed by atoms with E-state index in [1.165, 1.54) is 12.8 Å². The second-order valence-electron chi connectivity index (χ2n) is 8.24. The van der Waals surface area contributed by atoms with E-state index in [9.17, 15) is 4.79 Å². The van der Waals surface area contributed by atoms with Gasteiger partial charge in [-0.05, 0) is 44.0 Å². The number of nitrogens with zero attached hydrogens (tertiary/aromatic N) is 6. The lowest BCUT2D eigenvalue weighted by Gasteiger charge is -2.14. The number of pyridine rings is 1. The summed E-state index contributed by atoms with van der Waals surface area (Å²) in [6.45, 7) is 2.49. The van der Waals surface area contributed by atoms with E-state index < -0.39 is 0 Å². The molecule has 0 radical (unpaired) electrons. The summed E-state index contributed by atoms with van der Waals surface area (Å²) < 4.78 is 9.96. The molecule has 0 saturated heterocycles. The van der Waals surface area contributed by atoms with Gasteiger partial charge in [-0.25, -0.2) is 4.98 Å². The van der Waals surface area contributed by atoms with Gasteiger partial charge in [0.25, 0.3) is 5.91 Å². The number of aromatic nitrogens is 6. The smallest absolute Gasteiger partial charge is 0.274 e. The Morgan fingerprint density at radius 2 is 2.09 bits per heavy atom. The van der Waals surface area contributed by atoms with Crippen LogP contribution < -0.4 is 10.1 Å². The van der Waals surface area contributed by atoms with E-state index >= 15 is 0 Å². The van der Waals surface area contributed by atoms with E-state index in [2.05, 4.69) is 25.5 Å². The molecule has 4 aromatic rings. The minimum absolute atomic E-state index is 0.0741. The zero-order chi connectivity index (χ0) is 21.7. The van der Waals surface area contributed by atoms with Crippen molar-refractivity contribution in [2.45, 2.75) is 31.7 Å². The van der Waals surface area contributed by atoms with Gasteiger partial charge in [0.05, 0.1) is 35.0 Å². The molecule has 1 atom stereocenters. The van der Waals surface area contributed by atoms with Crippen molar-refractivity contribution in [1.29, 1.82) is 0 Å². The molecular formula is C23H21N7O2. The van der Waals surface area contributed by atoms with Gasteiger partial charge in [0.15, 0.2) is 11.6 Å². The third kappa shape index (κ3) is 3.22. The normalized spacial score (nSPS) is 17.1. The Hall–Kier alpha value is -4.01. The second-order valence-corrected chi connectivity index (χ2v) is 8.24. The van der Waals surface area contributed by atoms with Crippen LogP contribution in [0.4, 0.5) is 5.69 Å². The van der Waals surface area contributed by atoms with E-state index in [0.717, 1.165) is 16.9 Å². The number of carbonyl (C=O) groups is 1. The topological polar surface area (TPSA) is 99.8 Å². The average Bonchev–Trinajstić information content (AvgIpc) is 3.37. The van der Waals surface area contributed by atoms with E-state index in [0.29, 0.717) is 35.5 Å². The molecule has 3 aromatic heterocycles. The fourth-order valence-electron chi connectivity index (χ4n) is 3.97. The molecule has 1 aliphatic heterocycles. The maximum absolute atomic E-state index is 13.1. The van der Waals surface area contributed by atoms with Gasteiger partial charge in [0, 0.05) is 18.3 Å². The molecule has 1 aromatic carbocycles. The number of hydrogen-bond acceptors (Lipinski definition) is 6. The molecule has 0 spiro atoms. The summed E-state index contributed by atoms with van der Waals surface area (Å²) in [5.74, 6) is 1.56. The highest BCUT2D eigenvalue weighted by Crippen LogP contribution is 2.40. The minimum atomic E-state index is -0.315. The van der Waals surface area contributed by atoms with Crippen molar-refractivity contribution < 1.29 is 9.53 Å². The van der Waals surface area contributed by atoms with Gasteiger partial charge in [-0.15, -0.1) is 10.2 Å². The van der Waals surface area contributed by atoms with Crippen LogP contribution in [0.3, 0.4) is 0 Å². The van der Waals surface area contributed by atoms with Crippen LogP contribution in [-0.2, 0) is 0 Å². The number of fused-ring (bicyclic) bond motifs is 3. The molecule has 9 nitrogen and oxygen atoms in total. The predicted molar refractivity (Wildman–Crippen MR) is 117 cm³/mol. The summed E-state index contributed by atoms with van der Waals surface area (Å²) in [7, 11) is 0. The van der Waals surface area contributed by atoms with Crippen LogP contribution in [0.15, 0.2) is 55.4 Å². The summed E-state index contributed by atoms with van der Waals surface area (Å²) in [6.07, 6.45) is 9.53. The molecule has 0 unspecified atom stereocenters. The predicted octanol–water partition coefficient (Wildman–Crippen LogP) is 3.61. The van der Waals surface area contributed by atoms with Crippen molar-refractivity contribution in [2.24, 2.45) is 0 Å². The van der Waals surface area contributed by atoms with Crippen LogP contribution in [-0.4, -0.2) is 41.8 Å². The lowest BCUT2D eigenvalue weighted by atomic mass is 10.1. The molecule has 160 valence electrons. The lowest BCUT2D eigenvalue weighted by molar-refractivity contribution is 0.102. The Bertz CT molecular complexity index is 1320. The van der Waals surface area contributed by atoms with Gasteiger partial charge in [0.1, 0.15) is 18.6 Å². The Balaban J connectivity index is 1.29. The van der Waals surface area contributed by atoms with Crippen molar-refractivity contribution in [3.8, 4) is 22.8 Å². The van der Waals surface area contributed by atoms with Crippen molar-refractivity contribution in [3.63, 3.8) is 0 Å². The molecule has 4 heterocycles. The average molecular weight is 427 g/mol. The summed E-state index contributed by atoms with van der Waals surface area (Å²) in [6, 6.07) is 9.29. The maximum atomic E-state index is 13.1. The number of imidazole rings is 1. The van der Waals surface area contributed by atoms with Crippen molar-refractivity contribution in [2.75, 3.05) is 11.9 Å². The maximum Gasteiger partial charge on any atom is 0.274 e. The molecule has 32 heavy (non-hydrogen) atoms. The fourth-order valence-corrected chi connectivity index (χ4v) is 3.97. The number of para-hydroxylation sites is 1. The lowest BCUT2D eigenvalue weighted by Crippen LogP contribution is -2.16. The molecule has 0 bridgehead atoms. The van der Waals surface area contributed by atoms with Crippen LogP contribution in [0.1, 0.15) is 47.9 Å². The highest BCUT2D eigenvalue weighted by Gasteiger charge is 2.26. The number of amides is 1.